The summed E-state index contributed by atoms with van der Waals surface area (Å²) in [5.74, 6) is 1.99. The highest BCUT2D eigenvalue weighted by Crippen LogP contribution is 2.40. The lowest BCUT2D eigenvalue weighted by molar-refractivity contribution is -0.0253. The fourth-order valence-corrected chi connectivity index (χ4v) is 5.24. The predicted octanol–water partition coefficient (Wildman–Crippen LogP) is 5.13. The van der Waals surface area contributed by atoms with Crippen LogP contribution in [-0.2, 0) is 4.74 Å². The topological polar surface area (TPSA) is 106 Å². The molecular weight excluding hydrogens is 484 g/mol. The predicted molar refractivity (Wildman–Crippen MR) is 144 cm³/mol. The van der Waals surface area contributed by atoms with Gasteiger partial charge in [0.05, 0.1) is 24.3 Å². The van der Waals surface area contributed by atoms with Gasteiger partial charge in [-0.2, -0.15) is 5.10 Å². The molecule has 3 aromatic rings. The number of piperidine rings is 1. The van der Waals surface area contributed by atoms with Crippen LogP contribution in [0.1, 0.15) is 50.0 Å². The summed E-state index contributed by atoms with van der Waals surface area (Å²) in [6.07, 6.45) is 1.06. The van der Waals surface area contributed by atoms with Gasteiger partial charge in [0.15, 0.2) is 6.29 Å². The molecule has 200 valence electrons. The molecule has 5 rings (SSSR count). The van der Waals surface area contributed by atoms with Gasteiger partial charge in [0, 0.05) is 24.6 Å². The van der Waals surface area contributed by atoms with Crippen LogP contribution in [0.15, 0.2) is 54.6 Å². The van der Waals surface area contributed by atoms with Crippen molar-refractivity contribution >= 4 is 18.2 Å². The maximum atomic E-state index is 12.5. The van der Waals surface area contributed by atoms with Crippen molar-refractivity contribution in [1.29, 1.82) is 0 Å². The Morgan fingerprint density at radius 2 is 1.79 bits per heavy atom. The highest BCUT2D eigenvalue weighted by Gasteiger charge is 2.40. The molecule has 3 unspecified atom stereocenters. The quantitative estimate of drug-likeness (QED) is 0.451. The first-order chi connectivity index (χ1) is 18.2. The number of benzene rings is 2. The van der Waals surface area contributed by atoms with Gasteiger partial charge in [-0.3, -0.25) is 4.79 Å². The van der Waals surface area contributed by atoms with E-state index in [1.165, 1.54) is 0 Å². The maximum Gasteiger partial charge on any atom is 0.410 e. The first-order valence-corrected chi connectivity index (χ1v) is 13.0. The summed E-state index contributed by atoms with van der Waals surface area (Å²) in [4.78, 5) is 26.3. The number of β-amino-alcohol motifs (C(OH)–C–C–N with tert-alkyl or cyclic N) is 1. The van der Waals surface area contributed by atoms with Gasteiger partial charge in [-0.1, -0.05) is 18.2 Å². The first kappa shape index (κ1) is 25.8. The Labute approximate surface area is 222 Å². The number of aliphatic hydroxyl groups excluding tert-OH is 1. The minimum atomic E-state index is -0.728. The third kappa shape index (κ3) is 5.38. The van der Waals surface area contributed by atoms with Crippen LogP contribution in [0, 0.1) is 5.92 Å². The van der Waals surface area contributed by atoms with Crippen LogP contribution in [0.2, 0.25) is 0 Å². The van der Waals surface area contributed by atoms with Crippen molar-refractivity contribution in [1.82, 2.24) is 14.7 Å². The fraction of sp³-hybridized carbons (Fsp3) is 0.414. The molecule has 1 amide bonds. The number of aldehydes is 1. The van der Waals surface area contributed by atoms with Crippen LogP contribution in [0.25, 0.3) is 11.3 Å². The second-order valence-corrected chi connectivity index (χ2v) is 10.8. The number of amides is 1. The number of aliphatic hydroxyl groups is 1. The average molecular weight is 519 g/mol. The van der Waals surface area contributed by atoms with Crippen molar-refractivity contribution in [2.45, 2.75) is 51.4 Å². The SMILES string of the molecule is CC(C)(C)OC(=O)N1CCC(C2CCNc3c(C=O)c(-c4ccc(Oc5ccccc5)cc4)nn32)C(O)C1. The zero-order chi connectivity index (χ0) is 26.9. The van der Waals surface area contributed by atoms with Crippen molar-refractivity contribution in [3.8, 4) is 22.8 Å². The normalized spacial score (nSPS) is 21.3. The van der Waals surface area contributed by atoms with Crippen LogP contribution >= 0.6 is 0 Å². The second kappa shape index (κ2) is 10.5. The molecule has 0 radical (unpaired) electrons. The van der Waals surface area contributed by atoms with Gasteiger partial charge in [0.1, 0.15) is 28.6 Å². The van der Waals surface area contributed by atoms with E-state index in [2.05, 4.69) is 5.32 Å². The third-order valence-electron chi connectivity index (χ3n) is 7.00. The molecule has 1 saturated heterocycles. The first-order valence-electron chi connectivity index (χ1n) is 13.0. The largest absolute Gasteiger partial charge is 0.457 e. The molecule has 1 aromatic heterocycles. The zero-order valence-electron chi connectivity index (χ0n) is 22.0. The lowest BCUT2D eigenvalue weighted by Crippen LogP contribution is -2.50. The number of ether oxygens (including phenoxy) is 2. The minimum Gasteiger partial charge on any atom is -0.457 e. The summed E-state index contributed by atoms with van der Waals surface area (Å²) >= 11 is 0. The second-order valence-electron chi connectivity index (χ2n) is 10.8. The third-order valence-corrected chi connectivity index (χ3v) is 7.00. The molecule has 38 heavy (non-hydrogen) atoms. The molecule has 9 nitrogen and oxygen atoms in total. The van der Waals surface area contributed by atoms with Gasteiger partial charge in [0.2, 0.25) is 0 Å². The molecule has 0 saturated carbocycles. The van der Waals surface area contributed by atoms with Crippen LogP contribution in [-0.4, -0.2) is 63.5 Å². The van der Waals surface area contributed by atoms with E-state index in [9.17, 15) is 14.7 Å². The van der Waals surface area contributed by atoms with Gasteiger partial charge in [-0.25, -0.2) is 9.48 Å². The molecular formula is C29H34N4O5. The standard InChI is InChI=1S/C29H34N4O5/c1-29(2,3)38-28(36)32-16-14-22(25(35)17-32)24-13-15-30-27-23(18-34)26(31-33(24)27)19-9-11-21(12-10-19)37-20-7-5-4-6-8-20/h4-12,18,22,24-25,30,35H,13-17H2,1-3H3. The van der Waals surface area contributed by atoms with E-state index in [1.807, 2.05) is 80.1 Å². The molecule has 2 N–H and O–H groups in total. The minimum absolute atomic E-state index is 0.102. The summed E-state index contributed by atoms with van der Waals surface area (Å²) in [6.45, 7) is 6.85. The number of rotatable bonds is 5. The van der Waals surface area contributed by atoms with Crippen LogP contribution in [0.4, 0.5) is 10.6 Å². The molecule has 2 aliphatic rings. The Morgan fingerprint density at radius 1 is 1.08 bits per heavy atom. The zero-order valence-corrected chi connectivity index (χ0v) is 22.0. The van der Waals surface area contributed by atoms with Crippen molar-refractivity contribution in [2.75, 3.05) is 25.0 Å². The van der Waals surface area contributed by atoms with E-state index in [0.717, 1.165) is 24.0 Å². The number of carbonyl (C=O) groups excluding carboxylic acids is 2. The van der Waals surface area contributed by atoms with Gasteiger partial charge < -0.3 is 24.8 Å². The molecule has 3 atom stereocenters. The van der Waals surface area contributed by atoms with Gasteiger partial charge in [0.25, 0.3) is 0 Å². The number of carbonyl (C=O) groups is 2. The molecule has 2 aliphatic heterocycles. The van der Waals surface area contributed by atoms with Crippen molar-refractivity contribution in [3.05, 3.63) is 60.2 Å². The van der Waals surface area contributed by atoms with E-state index < -0.39 is 17.8 Å². The highest BCUT2D eigenvalue weighted by atomic mass is 16.6. The molecule has 0 aliphatic carbocycles. The number of anilines is 1. The number of para-hydroxylation sites is 1. The lowest BCUT2D eigenvalue weighted by Gasteiger charge is -2.41. The van der Waals surface area contributed by atoms with E-state index in [1.54, 1.807) is 4.90 Å². The molecule has 0 bridgehead atoms. The van der Waals surface area contributed by atoms with Crippen LogP contribution in [0.3, 0.4) is 0 Å². The van der Waals surface area contributed by atoms with Gasteiger partial charge >= 0.3 is 6.09 Å². The van der Waals surface area contributed by atoms with Gasteiger partial charge in [-0.15, -0.1) is 0 Å². The van der Waals surface area contributed by atoms with Gasteiger partial charge in [-0.05, 0) is 70.0 Å². The number of aromatic nitrogens is 2. The summed E-state index contributed by atoms with van der Waals surface area (Å²) < 4.78 is 13.2. The number of likely N-dealkylation sites (tertiary alicyclic amines) is 1. The molecule has 9 heteroatoms. The Bertz CT molecular complexity index is 1280. The van der Waals surface area contributed by atoms with Crippen molar-refractivity contribution in [2.24, 2.45) is 5.92 Å². The monoisotopic (exact) mass is 518 g/mol. The molecule has 3 heterocycles. The van der Waals surface area contributed by atoms with Crippen LogP contribution < -0.4 is 10.1 Å². The Hall–Kier alpha value is -3.85. The summed E-state index contributed by atoms with van der Waals surface area (Å²) in [5, 5.41) is 19.3. The summed E-state index contributed by atoms with van der Waals surface area (Å²) in [5.41, 5.74) is 1.29. The maximum absolute atomic E-state index is 12.5. The number of fused-ring (bicyclic) bond motifs is 1. The smallest absolute Gasteiger partial charge is 0.410 e. The van der Waals surface area contributed by atoms with E-state index in [-0.39, 0.29) is 18.5 Å². The van der Waals surface area contributed by atoms with Crippen molar-refractivity contribution < 1.29 is 24.2 Å². The number of nitrogens with zero attached hydrogens (tertiary/aromatic N) is 3. The molecule has 1 fully saturated rings. The van der Waals surface area contributed by atoms with Crippen molar-refractivity contribution in [3.63, 3.8) is 0 Å². The average Bonchev–Trinajstić information content (AvgIpc) is 3.28. The molecule has 0 spiro atoms. The fourth-order valence-electron chi connectivity index (χ4n) is 5.24. The Kier molecular flexibility index (Phi) is 7.12. The molecule has 2 aromatic carbocycles. The van der Waals surface area contributed by atoms with E-state index in [0.29, 0.717) is 42.3 Å². The number of hydrogen-bond donors (Lipinski definition) is 2. The number of nitrogens with one attached hydrogen (secondary N) is 1. The van der Waals surface area contributed by atoms with E-state index >= 15 is 0 Å². The summed E-state index contributed by atoms with van der Waals surface area (Å²) in [6, 6.07) is 16.9. The summed E-state index contributed by atoms with van der Waals surface area (Å²) in [7, 11) is 0. The lowest BCUT2D eigenvalue weighted by atomic mass is 9.85. The van der Waals surface area contributed by atoms with Crippen LogP contribution in [0.5, 0.6) is 11.5 Å². The van der Waals surface area contributed by atoms with E-state index in [4.69, 9.17) is 14.6 Å². The Morgan fingerprint density at radius 3 is 2.45 bits per heavy atom. The highest BCUT2D eigenvalue weighted by molar-refractivity contribution is 5.92. The number of hydrogen-bond acceptors (Lipinski definition) is 7. The Balaban J connectivity index is 1.35.